The topological polar surface area (TPSA) is 74.6 Å². The highest BCUT2D eigenvalue weighted by Crippen LogP contribution is 2.35. The third-order valence-corrected chi connectivity index (χ3v) is 1.14. The molecule has 0 radical (unpaired) electrons. The Bertz CT molecular complexity index is 217. The van der Waals surface area contributed by atoms with Crippen LogP contribution >= 0.6 is 0 Å². The molecular formula is C6H12O4S. The van der Waals surface area contributed by atoms with Crippen molar-refractivity contribution >= 4 is 10.1 Å². The maximum Gasteiger partial charge on any atom is 0.261 e. The Kier molecular flexibility index (Phi) is 3.22. The Morgan fingerprint density at radius 2 is 1.82 bits per heavy atom. The molecule has 1 aliphatic carbocycles. The van der Waals surface area contributed by atoms with Crippen molar-refractivity contribution in [2.75, 3.05) is 6.26 Å². The first-order valence-electron chi connectivity index (χ1n) is 3.05. The van der Waals surface area contributed by atoms with E-state index >= 15 is 0 Å². The van der Waals surface area contributed by atoms with E-state index in [1.165, 1.54) is 0 Å². The monoisotopic (exact) mass is 180 g/mol. The third-order valence-electron chi connectivity index (χ3n) is 1.14. The Labute approximate surface area is 66.3 Å². The third kappa shape index (κ3) is 9.61. The summed E-state index contributed by atoms with van der Waals surface area (Å²) < 4.78 is 25.9. The Hall–Kier alpha value is -0.390. The maximum absolute atomic E-state index is 9.19. The molecule has 1 rings (SSSR count). The van der Waals surface area contributed by atoms with E-state index < -0.39 is 15.7 Å². The molecule has 5 heteroatoms. The normalized spacial score (nSPS) is 19.5. The summed E-state index contributed by atoms with van der Waals surface area (Å²) in [5.74, 6) is 0. The lowest BCUT2D eigenvalue weighted by molar-refractivity contribution is 0.202. The van der Waals surface area contributed by atoms with Crippen molar-refractivity contribution in [3.63, 3.8) is 0 Å². The Morgan fingerprint density at radius 3 is 1.82 bits per heavy atom. The quantitative estimate of drug-likeness (QED) is 0.446. The first-order chi connectivity index (χ1) is 4.77. The highest BCUT2D eigenvalue weighted by Gasteiger charge is 2.36. The van der Waals surface area contributed by atoms with Gasteiger partial charge in [-0.3, -0.25) is 4.55 Å². The van der Waals surface area contributed by atoms with Crippen LogP contribution in [-0.2, 0) is 10.1 Å². The molecule has 1 fully saturated rings. The molecule has 2 N–H and O–H groups in total. The van der Waals surface area contributed by atoms with Gasteiger partial charge >= 0.3 is 0 Å². The van der Waals surface area contributed by atoms with Gasteiger partial charge in [-0.05, 0) is 12.8 Å². The number of hydrogen-bond donors (Lipinski definition) is 2. The van der Waals surface area contributed by atoms with E-state index in [1.807, 2.05) is 0 Å². The molecule has 0 saturated heterocycles. The van der Waals surface area contributed by atoms with Gasteiger partial charge in [0.25, 0.3) is 10.1 Å². The van der Waals surface area contributed by atoms with E-state index in [9.17, 15) is 8.42 Å². The van der Waals surface area contributed by atoms with Gasteiger partial charge in [0, 0.05) is 0 Å². The molecular weight excluding hydrogens is 168 g/mol. The number of aliphatic hydroxyl groups is 1. The Balaban J connectivity index is 0.000000187. The molecule has 0 aliphatic heterocycles. The molecule has 0 unspecified atom stereocenters. The number of rotatable bonds is 1. The first-order valence-corrected chi connectivity index (χ1v) is 4.90. The fourth-order valence-electron chi connectivity index (χ4n) is 0.332. The van der Waals surface area contributed by atoms with Crippen molar-refractivity contribution in [2.24, 2.45) is 0 Å². The molecule has 66 valence electrons. The first kappa shape index (κ1) is 10.6. The van der Waals surface area contributed by atoms with Crippen molar-refractivity contribution in [1.29, 1.82) is 0 Å². The predicted octanol–water partition coefficient (Wildman–Crippen LogP) is 0.201. The Morgan fingerprint density at radius 1 is 1.55 bits per heavy atom. The summed E-state index contributed by atoms with van der Waals surface area (Å²) in [6.07, 6.45) is 4.15. The van der Waals surface area contributed by atoms with Crippen molar-refractivity contribution < 1.29 is 18.1 Å². The lowest BCUT2D eigenvalue weighted by Crippen LogP contribution is -1.97. The van der Waals surface area contributed by atoms with E-state index in [1.54, 1.807) is 6.08 Å². The van der Waals surface area contributed by atoms with E-state index in [2.05, 4.69) is 6.58 Å². The van der Waals surface area contributed by atoms with Crippen LogP contribution in [0.15, 0.2) is 12.7 Å². The van der Waals surface area contributed by atoms with Gasteiger partial charge in [0.15, 0.2) is 0 Å². The smallest absolute Gasteiger partial charge is 0.261 e. The SMILES string of the molecule is C=CC1(O)CC1.CS(=O)(=O)O. The van der Waals surface area contributed by atoms with Crippen LogP contribution in [0.2, 0.25) is 0 Å². The fraction of sp³-hybridized carbons (Fsp3) is 0.667. The van der Waals surface area contributed by atoms with Crippen molar-refractivity contribution in [1.82, 2.24) is 0 Å². The van der Waals surface area contributed by atoms with Gasteiger partial charge in [0.05, 0.1) is 11.9 Å². The van der Waals surface area contributed by atoms with Crippen molar-refractivity contribution in [2.45, 2.75) is 18.4 Å². The molecule has 0 spiro atoms. The van der Waals surface area contributed by atoms with Gasteiger partial charge in [-0.2, -0.15) is 8.42 Å². The lowest BCUT2D eigenvalue weighted by Gasteiger charge is -1.90. The second kappa shape index (κ2) is 3.34. The molecule has 0 amide bonds. The summed E-state index contributed by atoms with van der Waals surface area (Å²) in [6.45, 7) is 3.44. The zero-order valence-corrected chi connectivity index (χ0v) is 7.13. The van der Waals surface area contributed by atoms with Crippen molar-refractivity contribution in [3.05, 3.63) is 12.7 Å². The average molecular weight is 180 g/mol. The van der Waals surface area contributed by atoms with Crippen LogP contribution < -0.4 is 0 Å². The minimum atomic E-state index is -3.67. The highest BCUT2D eigenvalue weighted by molar-refractivity contribution is 7.85. The summed E-state index contributed by atoms with van der Waals surface area (Å²) in [5, 5.41) is 8.82. The van der Waals surface area contributed by atoms with Crippen LogP contribution in [0.3, 0.4) is 0 Å². The molecule has 1 aliphatic rings. The highest BCUT2D eigenvalue weighted by atomic mass is 32.2. The molecule has 4 nitrogen and oxygen atoms in total. The van der Waals surface area contributed by atoms with Gasteiger partial charge in [-0.1, -0.05) is 6.08 Å². The zero-order valence-electron chi connectivity index (χ0n) is 6.32. The molecule has 0 heterocycles. The van der Waals surface area contributed by atoms with E-state index in [0.29, 0.717) is 6.26 Å². The standard InChI is InChI=1S/C5H8O.CH4O3S/c1-2-5(6)3-4-5;1-5(2,3)4/h2,6H,1,3-4H2;1H3,(H,2,3,4). The van der Waals surface area contributed by atoms with Gasteiger partial charge < -0.3 is 5.11 Å². The van der Waals surface area contributed by atoms with Crippen LogP contribution in [0.25, 0.3) is 0 Å². The molecule has 0 aromatic heterocycles. The van der Waals surface area contributed by atoms with Crippen LogP contribution in [0.1, 0.15) is 12.8 Å². The van der Waals surface area contributed by atoms with Crippen LogP contribution in [0.4, 0.5) is 0 Å². The molecule has 11 heavy (non-hydrogen) atoms. The molecule has 0 atom stereocenters. The summed E-state index contributed by atoms with van der Waals surface area (Å²) in [6, 6.07) is 0. The zero-order chi connectivity index (χ0) is 9.12. The summed E-state index contributed by atoms with van der Waals surface area (Å²) in [5.41, 5.74) is -0.444. The lowest BCUT2D eigenvalue weighted by atomic mass is 10.3. The van der Waals surface area contributed by atoms with Gasteiger partial charge in [-0.25, -0.2) is 0 Å². The molecule has 1 saturated carbocycles. The van der Waals surface area contributed by atoms with Gasteiger partial charge in [0.2, 0.25) is 0 Å². The minimum absolute atomic E-state index is 0.444. The average Bonchev–Trinajstić information content (AvgIpc) is 2.45. The second-order valence-electron chi connectivity index (χ2n) is 2.54. The van der Waals surface area contributed by atoms with E-state index in [-0.39, 0.29) is 0 Å². The van der Waals surface area contributed by atoms with E-state index in [4.69, 9.17) is 9.66 Å². The molecule has 0 bridgehead atoms. The molecule has 0 aromatic carbocycles. The van der Waals surface area contributed by atoms with Crippen molar-refractivity contribution in [3.8, 4) is 0 Å². The predicted molar refractivity (Wildman–Crippen MR) is 41.9 cm³/mol. The summed E-state index contributed by atoms with van der Waals surface area (Å²) in [7, 11) is -3.67. The summed E-state index contributed by atoms with van der Waals surface area (Å²) in [4.78, 5) is 0. The van der Waals surface area contributed by atoms with Crippen LogP contribution in [0.5, 0.6) is 0 Å². The fourth-order valence-corrected chi connectivity index (χ4v) is 0.332. The second-order valence-corrected chi connectivity index (χ2v) is 4.01. The summed E-state index contributed by atoms with van der Waals surface area (Å²) >= 11 is 0. The van der Waals surface area contributed by atoms with Gasteiger partial charge in [0.1, 0.15) is 0 Å². The number of hydrogen-bond acceptors (Lipinski definition) is 3. The van der Waals surface area contributed by atoms with Crippen LogP contribution in [-0.4, -0.2) is 29.9 Å². The largest absolute Gasteiger partial charge is 0.386 e. The maximum atomic E-state index is 9.19. The minimum Gasteiger partial charge on any atom is -0.386 e. The van der Waals surface area contributed by atoms with Crippen LogP contribution in [0, 0.1) is 0 Å². The van der Waals surface area contributed by atoms with Gasteiger partial charge in [-0.15, -0.1) is 6.58 Å². The van der Waals surface area contributed by atoms with E-state index in [0.717, 1.165) is 12.8 Å². The molecule has 0 aromatic rings.